The standard InChI is InChI=1S/C14H21N3O2/c1-10-13(6-7-19-10)17(2)9-14(18)16-12-5-3-4-11(15)8-12/h3-5,8,10,13H,6-7,9,15H2,1-2H3,(H,16,18). The molecule has 2 rings (SSSR count). The summed E-state index contributed by atoms with van der Waals surface area (Å²) in [6.07, 6.45) is 1.16. The molecule has 0 bridgehead atoms. The highest BCUT2D eigenvalue weighted by Gasteiger charge is 2.28. The van der Waals surface area contributed by atoms with Crippen molar-refractivity contribution in [1.82, 2.24) is 4.90 Å². The first-order valence-electron chi connectivity index (χ1n) is 6.53. The molecule has 0 aromatic heterocycles. The van der Waals surface area contributed by atoms with Crippen LogP contribution in [0.15, 0.2) is 24.3 Å². The van der Waals surface area contributed by atoms with E-state index >= 15 is 0 Å². The van der Waals surface area contributed by atoms with Crippen molar-refractivity contribution in [3.8, 4) is 0 Å². The van der Waals surface area contributed by atoms with E-state index in [1.54, 1.807) is 12.1 Å². The van der Waals surface area contributed by atoms with E-state index in [1.165, 1.54) is 0 Å². The Morgan fingerprint density at radius 3 is 3.00 bits per heavy atom. The van der Waals surface area contributed by atoms with E-state index < -0.39 is 0 Å². The number of nitrogens with zero attached hydrogens (tertiary/aromatic N) is 1. The van der Waals surface area contributed by atoms with Crippen LogP contribution < -0.4 is 11.1 Å². The largest absolute Gasteiger partial charge is 0.399 e. The SMILES string of the molecule is CC1OCCC1N(C)CC(=O)Nc1cccc(N)c1. The van der Waals surface area contributed by atoms with E-state index in [2.05, 4.69) is 5.32 Å². The highest BCUT2D eigenvalue weighted by molar-refractivity contribution is 5.92. The maximum absolute atomic E-state index is 12.0. The summed E-state index contributed by atoms with van der Waals surface area (Å²) in [7, 11) is 1.95. The molecule has 0 spiro atoms. The van der Waals surface area contributed by atoms with Gasteiger partial charge in [0.05, 0.1) is 12.6 Å². The Labute approximate surface area is 113 Å². The van der Waals surface area contributed by atoms with Crippen LogP contribution in [-0.2, 0) is 9.53 Å². The monoisotopic (exact) mass is 263 g/mol. The van der Waals surface area contributed by atoms with E-state index in [4.69, 9.17) is 10.5 Å². The fourth-order valence-electron chi connectivity index (χ4n) is 2.46. The molecule has 5 heteroatoms. The predicted molar refractivity (Wildman–Crippen MR) is 75.9 cm³/mol. The maximum Gasteiger partial charge on any atom is 0.238 e. The predicted octanol–water partition coefficient (Wildman–Crippen LogP) is 1.32. The second-order valence-electron chi connectivity index (χ2n) is 5.02. The summed E-state index contributed by atoms with van der Waals surface area (Å²) >= 11 is 0. The number of nitrogen functional groups attached to an aromatic ring is 1. The quantitative estimate of drug-likeness (QED) is 0.804. The molecule has 0 radical (unpaired) electrons. The summed E-state index contributed by atoms with van der Waals surface area (Å²) in [4.78, 5) is 14.0. The molecule has 0 aliphatic carbocycles. The number of ether oxygens (including phenoxy) is 1. The molecule has 19 heavy (non-hydrogen) atoms. The first-order valence-corrected chi connectivity index (χ1v) is 6.53. The minimum Gasteiger partial charge on any atom is -0.399 e. The number of rotatable bonds is 4. The lowest BCUT2D eigenvalue weighted by Gasteiger charge is -2.25. The van der Waals surface area contributed by atoms with Crippen molar-refractivity contribution in [2.75, 3.05) is 31.2 Å². The lowest BCUT2D eigenvalue weighted by Crippen LogP contribution is -2.41. The van der Waals surface area contributed by atoms with E-state index in [0.717, 1.165) is 18.7 Å². The van der Waals surface area contributed by atoms with Crippen LogP contribution in [0, 0.1) is 0 Å². The number of nitrogens with two attached hydrogens (primary N) is 1. The third-order valence-corrected chi connectivity index (χ3v) is 3.47. The van der Waals surface area contributed by atoms with Gasteiger partial charge in [0.2, 0.25) is 5.91 Å². The number of carbonyl (C=O) groups excluding carboxylic acids is 1. The Hall–Kier alpha value is -1.59. The van der Waals surface area contributed by atoms with Gasteiger partial charge in [0.15, 0.2) is 0 Å². The number of nitrogens with one attached hydrogen (secondary N) is 1. The molecule has 5 nitrogen and oxygen atoms in total. The van der Waals surface area contributed by atoms with Gasteiger partial charge in [-0.3, -0.25) is 9.69 Å². The minimum atomic E-state index is -0.0350. The molecule has 1 heterocycles. The maximum atomic E-state index is 12.0. The molecule has 1 aromatic rings. The van der Waals surface area contributed by atoms with Crippen molar-refractivity contribution in [2.45, 2.75) is 25.5 Å². The summed E-state index contributed by atoms with van der Waals surface area (Å²) in [5.41, 5.74) is 7.05. The van der Waals surface area contributed by atoms with E-state index in [1.807, 2.05) is 31.0 Å². The number of hydrogen-bond acceptors (Lipinski definition) is 4. The lowest BCUT2D eigenvalue weighted by molar-refractivity contribution is -0.117. The normalized spacial score (nSPS) is 22.7. The zero-order valence-corrected chi connectivity index (χ0v) is 11.4. The molecular weight excluding hydrogens is 242 g/mol. The molecule has 2 unspecified atom stereocenters. The van der Waals surface area contributed by atoms with Gasteiger partial charge < -0.3 is 15.8 Å². The average molecular weight is 263 g/mol. The van der Waals surface area contributed by atoms with Crippen molar-refractivity contribution in [2.24, 2.45) is 0 Å². The Kier molecular flexibility index (Phi) is 4.39. The van der Waals surface area contributed by atoms with E-state index in [9.17, 15) is 4.79 Å². The fourth-order valence-corrected chi connectivity index (χ4v) is 2.46. The van der Waals surface area contributed by atoms with Crippen LogP contribution in [0.3, 0.4) is 0 Å². The van der Waals surface area contributed by atoms with Crippen LogP contribution in [0.25, 0.3) is 0 Å². The van der Waals surface area contributed by atoms with Gasteiger partial charge in [-0.1, -0.05) is 6.07 Å². The highest BCUT2D eigenvalue weighted by atomic mass is 16.5. The van der Waals surface area contributed by atoms with Crippen LogP contribution in [0.5, 0.6) is 0 Å². The van der Waals surface area contributed by atoms with Crippen LogP contribution in [0.4, 0.5) is 11.4 Å². The zero-order valence-electron chi connectivity index (χ0n) is 11.4. The summed E-state index contributed by atoms with van der Waals surface area (Å²) < 4.78 is 5.51. The molecule has 1 aliphatic heterocycles. The van der Waals surface area contributed by atoms with Crippen molar-refractivity contribution in [3.05, 3.63) is 24.3 Å². The van der Waals surface area contributed by atoms with Crippen LogP contribution in [0.2, 0.25) is 0 Å². The highest BCUT2D eigenvalue weighted by Crippen LogP contribution is 2.18. The molecule has 1 aliphatic rings. The van der Waals surface area contributed by atoms with Gasteiger partial charge in [0.25, 0.3) is 0 Å². The third-order valence-electron chi connectivity index (χ3n) is 3.47. The van der Waals surface area contributed by atoms with Crippen LogP contribution in [0.1, 0.15) is 13.3 Å². The van der Waals surface area contributed by atoms with Gasteiger partial charge in [-0.05, 0) is 38.6 Å². The van der Waals surface area contributed by atoms with Crippen LogP contribution >= 0.6 is 0 Å². The van der Waals surface area contributed by atoms with Crippen molar-refractivity contribution in [3.63, 3.8) is 0 Å². The van der Waals surface area contributed by atoms with Gasteiger partial charge in [0, 0.05) is 24.0 Å². The lowest BCUT2D eigenvalue weighted by atomic mass is 10.1. The number of hydrogen-bond donors (Lipinski definition) is 2. The second kappa shape index (κ2) is 6.04. The summed E-state index contributed by atoms with van der Waals surface area (Å²) in [5, 5.41) is 2.85. The van der Waals surface area contributed by atoms with Gasteiger partial charge in [-0.25, -0.2) is 0 Å². The number of carbonyl (C=O) groups is 1. The fraction of sp³-hybridized carbons (Fsp3) is 0.500. The molecule has 104 valence electrons. The molecule has 1 saturated heterocycles. The third kappa shape index (κ3) is 3.68. The Morgan fingerprint density at radius 2 is 2.37 bits per heavy atom. The van der Waals surface area contributed by atoms with Crippen LogP contribution in [-0.4, -0.2) is 43.2 Å². The molecule has 3 N–H and O–H groups in total. The molecular formula is C14H21N3O2. The summed E-state index contributed by atoms with van der Waals surface area (Å²) in [5.74, 6) is -0.0350. The van der Waals surface area contributed by atoms with E-state index in [-0.39, 0.29) is 12.0 Å². The van der Waals surface area contributed by atoms with Gasteiger partial charge >= 0.3 is 0 Å². The number of anilines is 2. The number of benzene rings is 1. The molecule has 2 atom stereocenters. The first-order chi connectivity index (χ1) is 9.06. The number of likely N-dealkylation sites (N-methyl/N-ethyl adjacent to an activating group) is 1. The topological polar surface area (TPSA) is 67.6 Å². The van der Waals surface area contributed by atoms with Crippen molar-refractivity contribution >= 4 is 17.3 Å². The molecule has 1 aromatic carbocycles. The minimum absolute atomic E-state index is 0.0350. The smallest absolute Gasteiger partial charge is 0.238 e. The van der Waals surface area contributed by atoms with Crippen molar-refractivity contribution in [1.29, 1.82) is 0 Å². The van der Waals surface area contributed by atoms with E-state index in [0.29, 0.717) is 18.3 Å². The average Bonchev–Trinajstić information content (AvgIpc) is 2.75. The Morgan fingerprint density at radius 1 is 1.58 bits per heavy atom. The molecule has 1 amide bonds. The van der Waals surface area contributed by atoms with Gasteiger partial charge in [-0.15, -0.1) is 0 Å². The Balaban J connectivity index is 1.87. The zero-order chi connectivity index (χ0) is 13.8. The number of amides is 1. The summed E-state index contributed by atoms with van der Waals surface area (Å²) in [6, 6.07) is 7.50. The molecule has 0 saturated carbocycles. The van der Waals surface area contributed by atoms with Crippen molar-refractivity contribution < 1.29 is 9.53 Å². The first kappa shape index (κ1) is 13.8. The van der Waals surface area contributed by atoms with Gasteiger partial charge in [0.1, 0.15) is 0 Å². The summed E-state index contributed by atoms with van der Waals surface area (Å²) in [6.45, 7) is 3.17. The van der Waals surface area contributed by atoms with Gasteiger partial charge in [-0.2, -0.15) is 0 Å². The Bertz CT molecular complexity index is 450. The molecule has 1 fully saturated rings. The second-order valence-corrected chi connectivity index (χ2v) is 5.02.